The Labute approximate surface area is 142 Å². The van der Waals surface area contributed by atoms with Crippen molar-refractivity contribution in [3.63, 3.8) is 0 Å². The van der Waals surface area contributed by atoms with Crippen molar-refractivity contribution in [1.29, 1.82) is 0 Å². The number of amides is 1. The van der Waals surface area contributed by atoms with Gasteiger partial charge in [-0.15, -0.1) is 0 Å². The van der Waals surface area contributed by atoms with Gasteiger partial charge in [0.25, 0.3) is 0 Å². The number of carbonyl (C=O) groups is 2. The van der Waals surface area contributed by atoms with Crippen LogP contribution in [0.2, 0.25) is 0 Å². The van der Waals surface area contributed by atoms with Gasteiger partial charge >= 0.3 is 5.97 Å². The second-order valence-electron chi connectivity index (χ2n) is 6.66. The van der Waals surface area contributed by atoms with Gasteiger partial charge in [0.15, 0.2) is 0 Å². The van der Waals surface area contributed by atoms with Crippen molar-refractivity contribution in [3.8, 4) is 0 Å². The van der Waals surface area contributed by atoms with Crippen LogP contribution in [0.25, 0.3) is 0 Å². The lowest BCUT2D eigenvalue weighted by Crippen LogP contribution is -2.46. The summed E-state index contributed by atoms with van der Waals surface area (Å²) < 4.78 is 5.40. The number of carboxylic acids is 1. The second-order valence-corrected chi connectivity index (χ2v) is 6.66. The molecule has 1 fully saturated rings. The number of nitrogens with zero attached hydrogens (tertiary/aromatic N) is 1. The van der Waals surface area contributed by atoms with Crippen LogP contribution in [0.5, 0.6) is 0 Å². The fourth-order valence-electron chi connectivity index (χ4n) is 3.90. The van der Waals surface area contributed by atoms with E-state index in [-0.39, 0.29) is 30.8 Å². The number of benzene rings is 1. The van der Waals surface area contributed by atoms with E-state index in [1.54, 1.807) is 0 Å². The molecule has 24 heavy (non-hydrogen) atoms. The van der Waals surface area contributed by atoms with Gasteiger partial charge in [-0.05, 0) is 43.2 Å². The van der Waals surface area contributed by atoms with Gasteiger partial charge in [-0.1, -0.05) is 24.3 Å². The first-order valence-corrected chi connectivity index (χ1v) is 8.84. The summed E-state index contributed by atoms with van der Waals surface area (Å²) in [5.41, 5.74) is 2.38. The molecular weight excluding hydrogens is 306 g/mol. The standard InChI is InChI=1S/C19H25NO4/c21-18(22)8-11-20(15-9-12-24-13-10-15)19(23)17-7-3-5-14-4-1-2-6-16(14)17/h1-2,4,6,15,17H,3,5,7-13H2,(H,21,22)/t17-/m0/s1. The minimum atomic E-state index is -0.857. The molecule has 1 heterocycles. The maximum absolute atomic E-state index is 13.3. The molecule has 0 radical (unpaired) electrons. The van der Waals surface area contributed by atoms with Gasteiger partial charge in [0, 0.05) is 25.8 Å². The van der Waals surface area contributed by atoms with E-state index >= 15 is 0 Å². The first-order valence-electron chi connectivity index (χ1n) is 8.84. The lowest BCUT2D eigenvalue weighted by Gasteiger charge is -2.37. The molecule has 3 rings (SSSR count). The highest BCUT2D eigenvalue weighted by molar-refractivity contribution is 5.85. The summed E-state index contributed by atoms with van der Waals surface area (Å²) in [5.74, 6) is -0.897. The Hall–Kier alpha value is -1.88. The molecule has 1 aliphatic heterocycles. The highest BCUT2D eigenvalue weighted by Crippen LogP contribution is 2.34. The number of hydrogen-bond donors (Lipinski definition) is 1. The molecule has 2 aliphatic rings. The van der Waals surface area contributed by atoms with E-state index < -0.39 is 5.97 Å². The number of carbonyl (C=O) groups excluding carboxylic acids is 1. The van der Waals surface area contributed by atoms with E-state index in [0.29, 0.717) is 13.2 Å². The Bertz CT molecular complexity index is 595. The number of fused-ring (bicyclic) bond motifs is 1. The third kappa shape index (κ3) is 3.78. The van der Waals surface area contributed by atoms with Crippen LogP contribution in [0.3, 0.4) is 0 Å². The summed E-state index contributed by atoms with van der Waals surface area (Å²) in [6, 6.07) is 8.26. The predicted molar refractivity (Wildman–Crippen MR) is 89.9 cm³/mol. The second kappa shape index (κ2) is 7.79. The third-order valence-corrected chi connectivity index (χ3v) is 5.15. The molecule has 1 saturated heterocycles. The SMILES string of the molecule is O=C(O)CCN(C(=O)[C@H]1CCCc2ccccc21)C1CCOCC1. The largest absolute Gasteiger partial charge is 0.481 e. The van der Waals surface area contributed by atoms with E-state index in [2.05, 4.69) is 12.1 Å². The Kier molecular flexibility index (Phi) is 5.51. The molecule has 5 nitrogen and oxygen atoms in total. The number of aryl methyl sites for hydroxylation is 1. The van der Waals surface area contributed by atoms with E-state index in [4.69, 9.17) is 9.84 Å². The molecular formula is C19H25NO4. The third-order valence-electron chi connectivity index (χ3n) is 5.15. The maximum Gasteiger partial charge on any atom is 0.305 e. The van der Waals surface area contributed by atoms with Crippen molar-refractivity contribution in [3.05, 3.63) is 35.4 Å². The predicted octanol–water partition coefficient (Wildman–Crippen LogP) is 2.59. The molecule has 0 saturated carbocycles. The van der Waals surface area contributed by atoms with Crippen LogP contribution in [-0.2, 0) is 20.7 Å². The van der Waals surface area contributed by atoms with Crippen molar-refractivity contribution in [1.82, 2.24) is 4.90 Å². The van der Waals surface area contributed by atoms with Gasteiger partial charge in [-0.2, -0.15) is 0 Å². The lowest BCUT2D eigenvalue weighted by molar-refractivity contribution is -0.141. The summed E-state index contributed by atoms with van der Waals surface area (Å²) in [6.45, 7) is 1.57. The highest BCUT2D eigenvalue weighted by Gasteiger charge is 2.33. The smallest absolute Gasteiger partial charge is 0.305 e. The Balaban J connectivity index is 1.81. The van der Waals surface area contributed by atoms with E-state index in [9.17, 15) is 9.59 Å². The van der Waals surface area contributed by atoms with Crippen LogP contribution < -0.4 is 0 Å². The van der Waals surface area contributed by atoms with E-state index in [1.807, 2.05) is 17.0 Å². The zero-order valence-electron chi connectivity index (χ0n) is 13.9. The molecule has 1 aliphatic carbocycles. The quantitative estimate of drug-likeness (QED) is 0.900. The molecule has 1 amide bonds. The van der Waals surface area contributed by atoms with Crippen molar-refractivity contribution in [2.75, 3.05) is 19.8 Å². The van der Waals surface area contributed by atoms with Crippen LogP contribution in [0.1, 0.15) is 49.1 Å². The zero-order chi connectivity index (χ0) is 16.9. The molecule has 0 aromatic heterocycles. The Morgan fingerprint density at radius 2 is 1.92 bits per heavy atom. The fourth-order valence-corrected chi connectivity index (χ4v) is 3.90. The molecule has 1 aromatic rings. The topological polar surface area (TPSA) is 66.8 Å². The van der Waals surface area contributed by atoms with Gasteiger partial charge < -0.3 is 14.7 Å². The van der Waals surface area contributed by atoms with Crippen molar-refractivity contribution < 1.29 is 19.4 Å². The van der Waals surface area contributed by atoms with Gasteiger partial charge in [-0.25, -0.2) is 0 Å². The first kappa shape index (κ1) is 17.0. The minimum absolute atomic E-state index is 0.00252. The lowest BCUT2D eigenvalue weighted by atomic mass is 9.81. The molecule has 1 aromatic carbocycles. The number of aliphatic carboxylic acids is 1. The summed E-state index contributed by atoms with van der Waals surface area (Å²) >= 11 is 0. The molecule has 1 N–H and O–H groups in total. The van der Waals surface area contributed by atoms with Gasteiger partial charge in [0.05, 0.1) is 12.3 Å². The summed E-state index contributed by atoms with van der Waals surface area (Å²) in [6.07, 6.45) is 4.46. The number of hydrogen-bond acceptors (Lipinski definition) is 3. The monoisotopic (exact) mass is 331 g/mol. The van der Waals surface area contributed by atoms with Crippen LogP contribution in [0, 0.1) is 0 Å². The number of ether oxygens (including phenoxy) is 1. The zero-order valence-corrected chi connectivity index (χ0v) is 13.9. The molecule has 0 bridgehead atoms. The molecule has 5 heteroatoms. The van der Waals surface area contributed by atoms with Crippen molar-refractivity contribution in [2.45, 2.75) is 50.5 Å². The molecule has 0 unspecified atom stereocenters. The Morgan fingerprint density at radius 3 is 2.67 bits per heavy atom. The van der Waals surface area contributed by atoms with Crippen LogP contribution in [0.15, 0.2) is 24.3 Å². The molecule has 0 spiro atoms. The normalized spacial score (nSPS) is 21.1. The first-order chi connectivity index (χ1) is 11.7. The van der Waals surface area contributed by atoms with Crippen LogP contribution in [0.4, 0.5) is 0 Å². The summed E-state index contributed by atoms with van der Waals surface area (Å²) in [4.78, 5) is 26.1. The maximum atomic E-state index is 13.3. The van der Waals surface area contributed by atoms with Gasteiger partial charge in [0.2, 0.25) is 5.91 Å². The van der Waals surface area contributed by atoms with Gasteiger partial charge in [0.1, 0.15) is 0 Å². The Morgan fingerprint density at radius 1 is 1.17 bits per heavy atom. The average Bonchev–Trinajstić information content (AvgIpc) is 2.62. The fraction of sp³-hybridized carbons (Fsp3) is 0.579. The summed E-state index contributed by atoms with van der Waals surface area (Å²) in [7, 11) is 0. The van der Waals surface area contributed by atoms with E-state index in [0.717, 1.165) is 37.7 Å². The minimum Gasteiger partial charge on any atom is -0.481 e. The number of carboxylic acid groups (broad SMARTS) is 1. The molecule has 130 valence electrons. The molecule has 1 atom stereocenters. The van der Waals surface area contributed by atoms with E-state index in [1.165, 1.54) is 5.56 Å². The summed E-state index contributed by atoms with van der Waals surface area (Å²) in [5, 5.41) is 9.05. The van der Waals surface area contributed by atoms with Crippen LogP contribution >= 0.6 is 0 Å². The van der Waals surface area contributed by atoms with Crippen molar-refractivity contribution in [2.24, 2.45) is 0 Å². The number of rotatable bonds is 5. The highest BCUT2D eigenvalue weighted by atomic mass is 16.5. The average molecular weight is 331 g/mol. The van der Waals surface area contributed by atoms with Crippen molar-refractivity contribution >= 4 is 11.9 Å². The van der Waals surface area contributed by atoms with Crippen LogP contribution in [-0.4, -0.2) is 47.7 Å². The van der Waals surface area contributed by atoms with Gasteiger partial charge in [-0.3, -0.25) is 9.59 Å².